The quantitative estimate of drug-likeness (QED) is 0.589. The van der Waals surface area contributed by atoms with Gasteiger partial charge in [-0.2, -0.15) is 0 Å². The number of hydrazine groups is 1. The first-order valence-corrected chi connectivity index (χ1v) is 6.09. The molecule has 0 bridgehead atoms. The SMILES string of the molecule is C=C(C(=O)C(C)C)c1ccccc1N(C)N(C)C. The molecule has 1 rings (SSSR count). The van der Waals surface area contributed by atoms with Crippen molar-refractivity contribution in [3.05, 3.63) is 36.4 Å². The van der Waals surface area contributed by atoms with Gasteiger partial charge in [0.05, 0.1) is 5.69 Å². The van der Waals surface area contributed by atoms with Crippen LogP contribution in [0.2, 0.25) is 0 Å². The number of allylic oxidation sites excluding steroid dienone is 1. The number of nitrogens with zero attached hydrogens (tertiary/aromatic N) is 2. The summed E-state index contributed by atoms with van der Waals surface area (Å²) in [6, 6.07) is 7.83. The number of ketones is 1. The second-order valence-electron chi connectivity index (χ2n) is 4.89. The van der Waals surface area contributed by atoms with Gasteiger partial charge >= 0.3 is 0 Å². The number of Topliss-reactive ketones (excluding diaryl/α,β-unsaturated/α-hetero) is 1. The molecule has 0 N–H and O–H groups in total. The van der Waals surface area contributed by atoms with Crippen LogP contribution in [0, 0.1) is 5.92 Å². The average Bonchev–Trinajstić information content (AvgIpc) is 2.35. The maximum absolute atomic E-state index is 12.1. The zero-order valence-corrected chi connectivity index (χ0v) is 11.9. The maximum atomic E-state index is 12.1. The molecule has 0 spiro atoms. The van der Waals surface area contributed by atoms with E-state index in [1.165, 1.54) is 0 Å². The minimum absolute atomic E-state index is 0.0322. The van der Waals surface area contributed by atoms with E-state index in [0.29, 0.717) is 5.57 Å². The minimum Gasteiger partial charge on any atom is -0.309 e. The van der Waals surface area contributed by atoms with Crippen molar-refractivity contribution in [2.75, 3.05) is 26.2 Å². The molecule has 0 aliphatic carbocycles. The molecule has 0 fully saturated rings. The molecule has 3 heteroatoms. The van der Waals surface area contributed by atoms with Crippen LogP contribution in [0.1, 0.15) is 19.4 Å². The molecule has 0 saturated carbocycles. The van der Waals surface area contributed by atoms with Crippen LogP contribution in [0.15, 0.2) is 30.8 Å². The molecule has 98 valence electrons. The number of hydrogen-bond acceptors (Lipinski definition) is 3. The fourth-order valence-corrected chi connectivity index (χ4v) is 1.71. The van der Waals surface area contributed by atoms with Gasteiger partial charge in [-0.05, 0) is 6.07 Å². The number of anilines is 1. The summed E-state index contributed by atoms with van der Waals surface area (Å²) >= 11 is 0. The third kappa shape index (κ3) is 2.99. The molecular formula is C15H22N2O. The zero-order valence-electron chi connectivity index (χ0n) is 11.9. The van der Waals surface area contributed by atoms with Gasteiger partial charge in [-0.25, -0.2) is 5.01 Å². The van der Waals surface area contributed by atoms with Gasteiger partial charge in [-0.15, -0.1) is 0 Å². The lowest BCUT2D eigenvalue weighted by Gasteiger charge is -2.29. The summed E-state index contributed by atoms with van der Waals surface area (Å²) in [5, 5.41) is 3.96. The molecule has 0 unspecified atom stereocenters. The summed E-state index contributed by atoms with van der Waals surface area (Å²) in [5.41, 5.74) is 2.46. The highest BCUT2D eigenvalue weighted by atomic mass is 16.1. The summed E-state index contributed by atoms with van der Waals surface area (Å²) in [6.45, 7) is 7.74. The highest BCUT2D eigenvalue weighted by Crippen LogP contribution is 2.27. The Hall–Kier alpha value is -1.61. The maximum Gasteiger partial charge on any atom is 0.165 e. The third-order valence-electron chi connectivity index (χ3n) is 3.00. The van der Waals surface area contributed by atoms with Crippen molar-refractivity contribution in [1.82, 2.24) is 5.01 Å². The molecule has 0 atom stereocenters. The molecule has 18 heavy (non-hydrogen) atoms. The van der Waals surface area contributed by atoms with Crippen molar-refractivity contribution < 1.29 is 4.79 Å². The number of hydrogen-bond donors (Lipinski definition) is 0. The molecule has 0 heterocycles. The molecular weight excluding hydrogens is 224 g/mol. The van der Waals surface area contributed by atoms with E-state index in [2.05, 4.69) is 6.58 Å². The van der Waals surface area contributed by atoms with Crippen LogP contribution in [0.3, 0.4) is 0 Å². The first kappa shape index (κ1) is 14.5. The number of para-hydroxylation sites is 1. The number of carbonyl (C=O) groups is 1. The van der Waals surface area contributed by atoms with Crippen molar-refractivity contribution >= 4 is 17.0 Å². The topological polar surface area (TPSA) is 23.6 Å². The first-order valence-electron chi connectivity index (χ1n) is 6.09. The van der Waals surface area contributed by atoms with E-state index in [-0.39, 0.29) is 11.7 Å². The monoisotopic (exact) mass is 246 g/mol. The van der Waals surface area contributed by atoms with Gasteiger partial charge < -0.3 is 5.01 Å². The number of carbonyl (C=O) groups excluding carboxylic acids is 1. The van der Waals surface area contributed by atoms with Gasteiger partial charge in [0.15, 0.2) is 5.78 Å². The van der Waals surface area contributed by atoms with Gasteiger partial charge in [0.25, 0.3) is 0 Å². The normalized spacial score (nSPS) is 10.8. The van der Waals surface area contributed by atoms with Crippen molar-refractivity contribution in [1.29, 1.82) is 0 Å². The molecule has 0 amide bonds. The minimum atomic E-state index is -0.0322. The second-order valence-corrected chi connectivity index (χ2v) is 4.89. The van der Waals surface area contributed by atoms with Crippen molar-refractivity contribution in [3.8, 4) is 0 Å². The van der Waals surface area contributed by atoms with E-state index in [4.69, 9.17) is 0 Å². The Kier molecular flexibility index (Phi) is 4.68. The molecule has 0 aromatic heterocycles. The van der Waals surface area contributed by atoms with Crippen LogP contribution in [0.25, 0.3) is 5.57 Å². The molecule has 1 aromatic rings. The van der Waals surface area contributed by atoms with Crippen LogP contribution in [-0.4, -0.2) is 31.9 Å². The summed E-state index contributed by atoms with van der Waals surface area (Å²) < 4.78 is 0. The Balaban J connectivity index is 3.17. The summed E-state index contributed by atoms with van der Waals surface area (Å²) in [5.74, 6) is 0.0600. The smallest absolute Gasteiger partial charge is 0.165 e. The van der Waals surface area contributed by atoms with Crippen molar-refractivity contribution in [3.63, 3.8) is 0 Å². The third-order valence-corrected chi connectivity index (χ3v) is 3.00. The molecule has 0 aliphatic heterocycles. The standard InChI is InChI=1S/C15H22N2O/c1-11(2)15(18)12(3)13-9-7-8-10-14(13)17(6)16(4)5/h7-11H,3H2,1-2,4-6H3. The predicted octanol–water partition coefficient (Wildman–Crippen LogP) is 2.84. The Morgan fingerprint density at radius 1 is 1.17 bits per heavy atom. The predicted molar refractivity (Wildman–Crippen MR) is 77.4 cm³/mol. The van der Waals surface area contributed by atoms with Gasteiger partial charge in [0.2, 0.25) is 0 Å². The molecule has 0 aliphatic rings. The number of rotatable bonds is 5. The average molecular weight is 246 g/mol. The van der Waals surface area contributed by atoms with Crippen LogP contribution in [0.5, 0.6) is 0 Å². The fraction of sp³-hybridized carbons (Fsp3) is 0.400. The van der Waals surface area contributed by atoms with E-state index in [9.17, 15) is 4.79 Å². The van der Waals surface area contributed by atoms with E-state index < -0.39 is 0 Å². The van der Waals surface area contributed by atoms with Gasteiger partial charge in [0.1, 0.15) is 0 Å². The van der Waals surface area contributed by atoms with E-state index in [1.54, 1.807) is 0 Å². The number of benzene rings is 1. The molecule has 0 saturated heterocycles. The van der Waals surface area contributed by atoms with Gasteiger partial charge in [-0.3, -0.25) is 4.79 Å². The molecule has 3 nitrogen and oxygen atoms in total. The van der Waals surface area contributed by atoms with Crippen LogP contribution >= 0.6 is 0 Å². The largest absolute Gasteiger partial charge is 0.309 e. The van der Waals surface area contributed by atoms with Crippen molar-refractivity contribution in [2.24, 2.45) is 5.92 Å². The lowest BCUT2D eigenvalue weighted by atomic mass is 9.95. The Morgan fingerprint density at radius 2 is 1.72 bits per heavy atom. The second kappa shape index (κ2) is 5.83. The van der Waals surface area contributed by atoms with E-state index in [1.807, 2.05) is 69.3 Å². The zero-order chi connectivity index (χ0) is 13.9. The first-order chi connectivity index (χ1) is 8.36. The lowest BCUT2D eigenvalue weighted by molar-refractivity contribution is -0.116. The van der Waals surface area contributed by atoms with Gasteiger partial charge in [-0.1, -0.05) is 38.6 Å². The molecule has 0 radical (unpaired) electrons. The summed E-state index contributed by atoms with van der Waals surface area (Å²) in [7, 11) is 5.89. The van der Waals surface area contributed by atoms with Gasteiger partial charge in [0, 0.05) is 38.2 Å². The lowest BCUT2D eigenvalue weighted by Crippen LogP contribution is -2.33. The van der Waals surface area contributed by atoms with E-state index in [0.717, 1.165) is 11.3 Å². The Bertz CT molecular complexity index is 450. The highest BCUT2D eigenvalue weighted by Gasteiger charge is 2.18. The van der Waals surface area contributed by atoms with Crippen LogP contribution in [0.4, 0.5) is 5.69 Å². The molecule has 1 aromatic carbocycles. The highest BCUT2D eigenvalue weighted by molar-refractivity contribution is 6.22. The van der Waals surface area contributed by atoms with Crippen molar-refractivity contribution in [2.45, 2.75) is 13.8 Å². The Labute approximate surface area is 110 Å². The van der Waals surface area contributed by atoms with E-state index >= 15 is 0 Å². The summed E-state index contributed by atoms with van der Waals surface area (Å²) in [6.07, 6.45) is 0. The Morgan fingerprint density at radius 3 is 2.22 bits per heavy atom. The van der Waals surface area contributed by atoms with Crippen LogP contribution < -0.4 is 5.01 Å². The van der Waals surface area contributed by atoms with Crippen LogP contribution in [-0.2, 0) is 4.79 Å². The fourth-order valence-electron chi connectivity index (χ4n) is 1.71. The summed E-state index contributed by atoms with van der Waals surface area (Å²) in [4.78, 5) is 12.1.